The van der Waals surface area contributed by atoms with E-state index in [-0.39, 0.29) is 42.3 Å². The van der Waals surface area contributed by atoms with Crippen molar-refractivity contribution >= 4 is 51.5 Å². The Labute approximate surface area is 290 Å². The van der Waals surface area contributed by atoms with Gasteiger partial charge in [-0.2, -0.15) is 0 Å². The lowest BCUT2D eigenvalue weighted by molar-refractivity contribution is -0.137. The third kappa shape index (κ3) is 8.58. The van der Waals surface area contributed by atoms with E-state index in [1.165, 1.54) is 19.3 Å². The third-order valence-corrected chi connectivity index (χ3v) is 10.8. The van der Waals surface area contributed by atoms with E-state index in [2.05, 4.69) is 4.98 Å². The van der Waals surface area contributed by atoms with Crippen LogP contribution in [0.2, 0.25) is 5.02 Å². The first kappa shape index (κ1) is 34.4. The summed E-state index contributed by atoms with van der Waals surface area (Å²) >= 11 is 7.69. The molecule has 3 atom stereocenters. The number of likely N-dealkylation sites (tertiary alicyclic amines) is 1. The molecular weight excluding hydrogens is 648 g/mol. The normalized spacial score (nSPS) is 19.2. The van der Waals surface area contributed by atoms with Gasteiger partial charge < -0.3 is 19.8 Å². The van der Waals surface area contributed by atoms with Crippen molar-refractivity contribution in [3.8, 4) is 0 Å². The number of benzene rings is 2. The first-order valence-corrected chi connectivity index (χ1v) is 18.4. The first-order chi connectivity index (χ1) is 23.4. The number of thiazole rings is 1. The van der Waals surface area contributed by atoms with Crippen molar-refractivity contribution in [2.45, 2.75) is 95.3 Å². The number of aromatic nitrogens is 2. The van der Waals surface area contributed by atoms with E-state index in [0.717, 1.165) is 35.5 Å². The highest BCUT2D eigenvalue weighted by atomic mass is 35.5. The van der Waals surface area contributed by atoms with Crippen molar-refractivity contribution in [1.82, 2.24) is 14.9 Å². The predicted molar refractivity (Wildman–Crippen MR) is 186 cm³/mol. The van der Waals surface area contributed by atoms with Crippen LogP contribution < -0.4 is 5.73 Å². The largest absolute Gasteiger partial charge is 0.434 e. The number of unbranched alkanes of at least 4 members (excludes halogenated alkanes) is 1. The van der Waals surface area contributed by atoms with Crippen LogP contribution in [0.1, 0.15) is 97.1 Å². The van der Waals surface area contributed by atoms with Gasteiger partial charge in [-0.25, -0.2) is 9.97 Å². The van der Waals surface area contributed by atoms with Gasteiger partial charge >= 0.3 is 0 Å². The van der Waals surface area contributed by atoms with E-state index in [1.54, 1.807) is 28.4 Å². The molecule has 2 fully saturated rings. The van der Waals surface area contributed by atoms with E-state index in [4.69, 9.17) is 31.5 Å². The maximum Gasteiger partial charge on any atom is 0.264 e. The van der Waals surface area contributed by atoms with Gasteiger partial charge in [0.25, 0.3) is 5.89 Å². The molecule has 9 nitrogen and oxygen atoms in total. The van der Waals surface area contributed by atoms with Crippen molar-refractivity contribution < 1.29 is 23.5 Å². The Morgan fingerprint density at radius 1 is 1.04 bits per heavy atom. The van der Waals surface area contributed by atoms with Crippen LogP contribution >= 0.6 is 22.9 Å². The van der Waals surface area contributed by atoms with Crippen molar-refractivity contribution in [3.63, 3.8) is 0 Å². The van der Waals surface area contributed by atoms with Gasteiger partial charge in [0.05, 0.1) is 35.9 Å². The van der Waals surface area contributed by atoms with Crippen LogP contribution in [-0.2, 0) is 27.4 Å². The molecule has 0 radical (unpaired) electrons. The standard InChI is InChI=1S/C37H43ClN4O5S/c38-27-15-13-24(14-16-27)22-46-29-20-31(42(21-29)34(44)19-28-23-48-37(40-28)25-8-2-1-3-9-25)32(43)18-26(10-6-7-17-39)35(45)36-41-30-11-4-5-12-33(30)47-36/h4-5,11-16,23,25-26,29,31H,1-3,6-10,17-22,39H2/t26-,29-,31+/m1/s1. The van der Waals surface area contributed by atoms with Gasteiger partial charge in [-0.3, -0.25) is 14.4 Å². The molecule has 48 heavy (non-hydrogen) atoms. The molecule has 6 rings (SSSR count). The molecular formula is C37H43ClN4O5S. The average Bonchev–Trinajstić information content (AvgIpc) is 3.86. The van der Waals surface area contributed by atoms with Crippen LogP contribution in [0.25, 0.3) is 11.1 Å². The summed E-state index contributed by atoms with van der Waals surface area (Å²) in [5.41, 5.74) is 8.57. The molecule has 1 saturated carbocycles. The Balaban J connectivity index is 1.18. The van der Waals surface area contributed by atoms with Crippen molar-refractivity contribution in [2.24, 2.45) is 11.7 Å². The second kappa shape index (κ2) is 16.3. The molecule has 4 aromatic rings. The first-order valence-electron chi connectivity index (χ1n) is 17.1. The quantitative estimate of drug-likeness (QED) is 0.102. The maximum atomic E-state index is 14.1. The highest BCUT2D eigenvalue weighted by Crippen LogP contribution is 2.35. The minimum Gasteiger partial charge on any atom is -0.434 e. The number of carbonyl (C=O) groups excluding carboxylic acids is 3. The number of carbonyl (C=O) groups is 3. The minimum atomic E-state index is -0.711. The second-order valence-electron chi connectivity index (χ2n) is 13.0. The van der Waals surface area contributed by atoms with Crippen LogP contribution in [0.3, 0.4) is 0 Å². The summed E-state index contributed by atoms with van der Waals surface area (Å²) in [5.74, 6) is -0.793. The van der Waals surface area contributed by atoms with E-state index >= 15 is 0 Å². The van der Waals surface area contributed by atoms with Gasteiger partial charge in [0, 0.05) is 41.6 Å². The number of fused-ring (bicyclic) bond motifs is 1. The second-order valence-corrected chi connectivity index (χ2v) is 14.4. The number of ketones is 2. The van der Waals surface area contributed by atoms with Gasteiger partial charge in [-0.15, -0.1) is 11.3 Å². The van der Waals surface area contributed by atoms with E-state index < -0.39 is 12.0 Å². The number of hydrogen-bond acceptors (Lipinski definition) is 9. The molecule has 0 unspecified atom stereocenters. The fourth-order valence-corrected chi connectivity index (χ4v) is 8.00. The summed E-state index contributed by atoms with van der Waals surface area (Å²) in [7, 11) is 0. The zero-order chi connectivity index (χ0) is 33.5. The van der Waals surface area contributed by atoms with Gasteiger partial charge in [-0.05, 0) is 62.1 Å². The lowest BCUT2D eigenvalue weighted by Crippen LogP contribution is -2.42. The van der Waals surface area contributed by atoms with Gasteiger partial charge in [0.1, 0.15) is 5.52 Å². The summed E-state index contributed by atoms with van der Waals surface area (Å²) in [5, 5.41) is 3.73. The Kier molecular flexibility index (Phi) is 11.7. The van der Waals surface area contributed by atoms with E-state index in [9.17, 15) is 14.4 Å². The molecule has 1 saturated heterocycles. The molecule has 254 valence electrons. The smallest absolute Gasteiger partial charge is 0.264 e. The molecule has 2 aromatic heterocycles. The number of ether oxygens (including phenoxy) is 1. The average molecular weight is 691 g/mol. The van der Waals surface area contributed by atoms with E-state index in [1.807, 2.05) is 41.8 Å². The lowest BCUT2D eigenvalue weighted by atomic mass is 9.89. The molecule has 2 N–H and O–H groups in total. The molecule has 2 aliphatic rings. The van der Waals surface area contributed by atoms with Crippen molar-refractivity contribution in [3.05, 3.63) is 81.1 Å². The van der Waals surface area contributed by atoms with E-state index in [0.29, 0.717) is 61.0 Å². The molecule has 2 aromatic carbocycles. The van der Waals surface area contributed by atoms with Crippen LogP contribution in [0.15, 0.2) is 58.3 Å². The van der Waals surface area contributed by atoms with Gasteiger partial charge in [0.2, 0.25) is 11.7 Å². The summed E-state index contributed by atoms with van der Waals surface area (Å²) in [6.07, 6.45) is 8.01. The molecule has 1 aliphatic carbocycles. The number of nitrogens with zero attached hydrogens (tertiary/aromatic N) is 3. The number of rotatable bonds is 15. The number of Topliss-reactive ketones (excluding diaryl/α,β-unsaturated/α-hetero) is 2. The minimum absolute atomic E-state index is 0.00239. The molecule has 11 heteroatoms. The zero-order valence-corrected chi connectivity index (χ0v) is 28.7. The number of oxazole rings is 1. The topological polar surface area (TPSA) is 129 Å². The van der Waals surface area contributed by atoms with Crippen LogP contribution in [0.4, 0.5) is 0 Å². The van der Waals surface area contributed by atoms with Crippen LogP contribution in [0, 0.1) is 5.92 Å². The number of halogens is 1. The predicted octanol–water partition coefficient (Wildman–Crippen LogP) is 7.30. The number of nitrogens with two attached hydrogens (primary N) is 1. The monoisotopic (exact) mass is 690 g/mol. The Morgan fingerprint density at radius 2 is 1.83 bits per heavy atom. The van der Waals surface area contributed by atoms with Gasteiger partial charge in [0.15, 0.2) is 11.4 Å². The van der Waals surface area contributed by atoms with Crippen molar-refractivity contribution in [1.29, 1.82) is 0 Å². The van der Waals surface area contributed by atoms with Crippen LogP contribution in [0.5, 0.6) is 0 Å². The Morgan fingerprint density at radius 3 is 2.60 bits per heavy atom. The molecule has 0 bridgehead atoms. The number of hydrogen-bond donors (Lipinski definition) is 1. The maximum absolute atomic E-state index is 14.1. The molecule has 0 spiro atoms. The fourth-order valence-electron chi connectivity index (χ4n) is 6.88. The number of amides is 1. The Bertz CT molecular complexity index is 1670. The number of para-hydroxylation sites is 2. The lowest BCUT2D eigenvalue weighted by Gasteiger charge is -2.24. The Hall–Kier alpha value is -3.44. The fraction of sp³-hybridized carbons (Fsp3) is 0.486. The third-order valence-electron chi connectivity index (χ3n) is 9.54. The zero-order valence-electron chi connectivity index (χ0n) is 27.2. The summed E-state index contributed by atoms with van der Waals surface area (Å²) < 4.78 is 12.0. The SMILES string of the molecule is NCCCC[C@H](CC(=O)[C@@H]1C[C@@H](OCc2ccc(Cl)cc2)CN1C(=O)Cc1csc(C2CCCCC2)n1)C(=O)c1nc2ccccc2o1. The summed E-state index contributed by atoms with van der Waals surface area (Å²) in [4.78, 5) is 52.7. The van der Waals surface area contributed by atoms with Crippen molar-refractivity contribution in [2.75, 3.05) is 13.1 Å². The van der Waals surface area contributed by atoms with Gasteiger partial charge in [-0.1, -0.05) is 61.5 Å². The molecule has 1 amide bonds. The highest BCUT2D eigenvalue weighted by molar-refractivity contribution is 7.09. The highest BCUT2D eigenvalue weighted by Gasteiger charge is 2.41. The van der Waals surface area contributed by atoms with Crippen LogP contribution in [-0.4, -0.2) is 57.6 Å². The molecule has 1 aliphatic heterocycles. The molecule has 3 heterocycles. The summed E-state index contributed by atoms with van der Waals surface area (Å²) in [6, 6.07) is 13.9. The summed E-state index contributed by atoms with van der Waals surface area (Å²) in [6.45, 7) is 1.12.